The van der Waals surface area contributed by atoms with Gasteiger partial charge in [-0.1, -0.05) is 24.3 Å². The number of nitrogens with two attached hydrogens (primary N) is 1. The van der Waals surface area contributed by atoms with E-state index in [0.29, 0.717) is 18.9 Å². The fraction of sp³-hybridized carbons (Fsp3) is 0.304. The van der Waals surface area contributed by atoms with Gasteiger partial charge in [-0.25, -0.2) is 0 Å². The number of aryl methyl sites for hydroxylation is 2. The van der Waals surface area contributed by atoms with E-state index in [-0.39, 0.29) is 11.8 Å². The normalized spacial score (nSPS) is 15.5. The molecule has 1 aromatic heterocycles. The van der Waals surface area contributed by atoms with Gasteiger partial charge in [-0.2, -0.15) is 5.10 Å². The summed E-state index contributed by atoms with van der Waals surface area (Å²) in [6, 6.07) is 13.9. The molecule has 2 aromatic carbocycles. The van der Waals surface area contributed by atoms with Crippen molar-refractivity contribution in [1.82, 2.24) is 9.78 Å². The predicted molar refractivity (Wildman–Crippen MR) is 122 cm³/mol. The van der Waals surface area contributed by atoms with Gasteiger partial charge in [-0.05, 0) is 64.5 Å². The van der Waals surface area contributed by atoms with Gasteiger partial charge in [0.15, 0.2) is 0 Å². The molecule has 0 bridgehead atoms. The van der Waals surface area contributed by atoms with E-state index < -0.39 is 0 Å². The molecule has 0 spiro atoms. The van der Waals surface area contributed by atoms with Crippen LogP contribution in [0.1, 0.15) is 29.9 Å². The molecule has 0 saturated heterocycles. The fourth-order valence-electron chi connectivity index (χ4n) is 4.06. The summed E-state index contributed by atoms with van der Waals surface area (Å²) in [6.45, 7) is 0.832. The maximum Gasteiger partial charge on any atom is 0.231 e. The van der Waals surface area contributed by atoms with Crippen molar-refractivity contribution in [3.8, 4) is 17.0 Å². The third kappa shape index (κ3) is 4.13. The maximum absolute atomic E-state index is 13.1. The third-order valence-corrected chi connectivity index (χ3v) is 6.04. The minimum absolute atomic E-state index is 0.0211. The molecule has 4 rings (SSSR count). The molecule has 0 aliphatic heterocycles. The molecule has 0 saturated carbocycles. The summed E-state index contributed by atoms with van der Waals surface area (Å²) < 4.78 is 8.47. The molecule has 3 aromatic rings. The average Bonchev–Trinajstić information content (AvgIpc) is 3.10. The third-order valence-electron chi connectivity index (χ3n) is 5.46. The number of aromatic nitrogens is 2. The van der Waals surface area contributed by atoms with Crippen molar-refractivity contribution in [3.05, 3.63) is 64.3 Å². The minimum Gasteiger partial charge on any atom is -0.492 e. The van der Waals surface area contributed by atoms with Crippen LogP contribution in [0.3, 0.4) is 0 Å². The second-order valence-corrected chi connectivity index (χ2v) is 8.30. The lowest BCUT2D eigenvalue weighted by Gasteiger charge is -2.25. The van der Waals surface area contributed by atoms with Crippen LogP contribution in [0, 0.1) is 0 Å². The number of benzene rings is 2. The Hall–Kier alpha value is -2.64. The average molecular weight is 469 g/mol. The standard InChI is InChI=1S/C23H25BrN4O2/c1-28-22(20(24)14-26-28)19-13-16(9-10-21(19)30-12-11-25)27-23(29)18-8-4-6-15-5-2-3-7-17(15)18/h2-3,5,7,9-10,13-14,18H,4,6,8,11-12,25H2,1H3,(H,27,29). The molecule has 1 atom stereocenters. The molecular formula is C23H25BrN4O2. The molecule has 0 fully saturated rings. The highest BCUT2D eigenvalue weighted by Crippen LogP contribution is 2.37. The van der Waals surface area contributed by atoms with Crippen molar-refractivity contribution < 1.29 is 9.53 Å². The van der Waals surface area contributed by atoms with Crippen LogP contribution in [0.25, 0.3) is 11.3 Å². The smallest absolute Gasteiger partial charge is 0.231 e. The van der Waals surface area contributed by atoms with Crippen molar-refractivity contribution in [2.75, 3.05) is 18.5 Å². The largest absolute Gasteiger partial charge is 0.492 e. The Labute approximate surface area is 184 Å². The van der Waals surface area contributed by atoms with Crippen LogP contribution in [-0.4, -0.2) is 28.8 Å². The van der Waals surface area contributed by atoms with Crippen LogP contribution in [-0.2, 0) is 18.3 Å². The van der Waals surface area contributed by atoms with E-state index in [4.69, 9.17) is 10.5 Å². The lowest BCUT2D eigenvalue weighted by atomic mass is 9.82. The Balaban J connectivity index is 1.64. The Morgan fingerprint density at radius 3 is 2.93 bits per heavy atom. The highest BCUT2D eigenvalue weighted by Gasteiger charge is 2.26. The number of amides is 1. The Morgan fingerprint density at radius 2 is 2.17 bits per heavy atom. The number of ether oxygens (including phenoxy) is 1. The number of hydrogen-bond acceptors (Lipinski definition) is 4. The number of halogens is 1. The summed E-state index contributed by atoms with van der Waals surface area (Å²) in [5, 5.41) is 7.42. The van der Waals surface area contributed by atoms with Crippen molar-refractivity contribution in [3.63, 3.8) is 0 Å². The lowest BCUT2D eigenvalue weighted by molar-refractivity contribution is -0.117. The molecule has 6 nitrogen and oxygen atoms in total. The number of rotatable bonds is 6. The molecule has 1 unspecified atom stereocenters. The molecule has 156 valence electrons. The summed E-state index contributed by atoms with van der Waals surface area (Å²) in [7, 11) is 1.87. The summed E-state index contributed by atoms with van der Waals surface area (Å²) >= 11 is 3.56. The van der Waals surface area contributed by atoms with E-state index in [1.54, 1.807) is 10.9 Å². The number of anilines is 1. The van der Waals surface area contributed by atoms with Gasteiger partial charge in [-0.3, -0.25) is 9.48 Å². The monoisotopic (exact) mass is 468 g/mol. The molecule has 1 heterocycles. The van der Waals surface area contributed by atoms with Gasteiger partial charge in [0.1, 0.15) is 12.4 Å². The topological polar surface area (TPSA) is 82.2 Å². The van der Waals surface area contributed by atoms with E-state index in [2.05, 4.69) is 38.5 Å². The van der Waals surface area contributed by atoms with Gasteiger partial charge in [0, 0.05) is 24.8 Å². The summed E-state index contributed by atoms with van der Waals surface area (Å²) in [4.78, 5) is 13.1. The first kappa shape index (κ1) is 20.6. The summed E-state index contributed by atoms with van der Waals surface area (Å²) in [5.41, 5.74) is 10.5. The van der Waals surface area contributed by atoms with Gasteiger partial charge in [-0.15, -0.1) is 0 Å². The first-order valence-corrected chi connectivity index (χ1v) is 10.9. The molecule has 7 heteroatoms. The number of fused-ring (bicyclic) bond motifs is 1. The van der Waals surface area contributed by atoms with Crippen molar-refractivity contribution in [2.24, 2.45) is 12.8 Å². The van der Waals surface area contributed by atoms with Crippen molar-refractivity contribution >= 4 is 27.5 Å². The molecule has 30 heavy (non-hydrogen) atoms. The quantitative estimate of drug-likeness (QED) is 0.566. The Bertz CT molecular complexity index is 1040. The fourth-order valence-corrected chi connectivity index (χ4v) is 4.62. The number of carbonyl (C=O) groups excluding carboxylic acids is 1. The second kappa shape index (κ2) is 9.02. The second-order valence-electron chi connectivity index (χ2n) is 7.45. The van der Waals surface area contributed by atoms with E-state index in [1.807, 2.05) is 37.4 Å². The zero-order valence-electron chi connectivity index (χ0n) is 16.9. The summed E-state index contributed by atoms with van der Waals surface area (Å²) in [6.07, 6.45) is 4.66. The van der Waals surface area contributed by atoms with Crippen LogP contribution < -0.4 is 15.8 Å². The number of nitrogens with one attached hydrogen (secondary N) is 1. The zero-order valence-corrected chi connectivity index (χ0v) is 18.5. The molecule has 0 radical (unpaired) electrons. The van der Waals surface area contributed by atoms with Crippen LogP contribution in [0.5, 0.6) is 5.75 Å². The molecular weight excluding hydrogens is 444 g/mol. The number of hydrogen-bond donors (Lipinski definition) is 2. The van der Waals surface area contributed by atoms with E-state index >= 15 is 0 Å². The number of nitrogens with zero attached hydrogens (tertiary/aromatic N) is 2. The van der Waals surface area contributed by atoms with E-state index in [1.165, 1.54) is 5.56 Å². The van der Waals surface area contributed by atoms with Crippen LogP contribution in [0.4, 0.5) is 5.69 Å². The van der Waals surface area contributed by atoms with Crippen LogP contribution in [0.15, 0.2) is 53.1 Å². The Morgan fingerprint density at radius 1 is 1.33 bits per heavy atom. The zero-order chi connectivity index (χ0) is 21.1. The van der Waals surface area contributed by atoms with Gasteiger partial charge in [0.2, 0.25) is 5.91 Å². The van der Waals surface area contributed by atoms with Crippen LogP contribution >= 0.6 is 15.9 Å². The van der Waals surface area contributed by atoms with Gasteiger partial charge in [0.05, 0.1) is 22.3 Å². The van der Waals surface area contributed by atoms with Crippen molar-refractivity contribution in [1.29, 1.82) is 0 Å². The van der Waals surface area contributed by atoms with Crippen molar-refractivity contribution in [2.45, 2.75) is 25.2 Å². The van der Waals surface area contributed by atoms with Gasteiger partial charge < -0.3 is 15.8 Å². The molecule has 1 aliphatic rings. The first-order valence-electron chi connectivity index (χ1n) is 10.1. The predicted octanol–water partition coefficient (Wildman–Crippen LogP) is 4.25. The minimum atomic E-state index is -0.130. The van der Waals surface area contributed by atoms with Crippen LogP contribution in [0.2, 0.25) is 0 Å². The molecule has 1 aliphatic carbocycles. The molecule has 1 amide bonds. The highest BCUT2D eigenvalue weighted by molar-refractivity contribution is 9.10. The SMILES string of the molecule is Cn1ncc(Br)c1-c1cc(NC(=O)C2CCCc3ccccc32)ccc1OCCN. The maximum atomic E-state index is 13.1. The first-order chi connectivity index (χ1) is 14.6. The number of carbonyl (C=O) groups is 1. The summed E-state index contributed by atoms with van der Waals surface area (Å²) in [5.74, 6) is 0.591. The highest BCUT2D eigenvalue weighted by atomic mass is 79.9. The van der Waals surface area contributed by atoms with E-state index in [9.17, 15) is 4.79 Å². The van der Waals surface area contributed by atoms with Gasteiger partial charge in [0.25, 0.3) is 0 Å². The molecule has 3 N–H and O–H groups in total. The van der Waals surface area contributed by atoms with Gasteiger partial charge >= 0.3 is 0 Å². The Kier molecular flexibility index (Phi) is 6.20. The lowest BCUT2D eigenvalue weighted by Crippen LogP contribution is -2.24. The van der Waals surface area contributed by atoms with E-state index in [0.717, 1.165) is 46.2 Å².